The summed E-state index contributed by atoms with van der Waals surface area (Å²) in [5.41, 5.74) is 1.36. The lowest BCUT2D eigenvalue weighted by atomic mass is 10.1. The first kappa shape index (κ1) is 15.1. The molecule has 0 atom stereocenters. The molecule has 0 aliphatic rings. The fourth-order valence-corrected chi connectivity index (χ4v) is 1.67. The summed E-state index contributed by atoms with van der Waals surface area (Å²) in [5.74, 6) is 0. The van der Waals surface area contributed by atoms with Crippen molar-refractivity contribution in [3.8, 4) is 0 Å². The quantitative estimate of drug-likeness (QED) is 0.651. The van der Waals surface area contributed by atoms with E-state index in [0.29, 0.717) is 13.2 Å². The molecule has 4 heteroatoms. The fraction of sp³-hybridized carbons (Fsp3) is 0.571. The van der Waals surface area contributed by atoms with E-state index in [0.717, 1.165) is 25.8 Å². The first-order chi connectivity index (χ1) is 8.79. The van der Waals surface area contributed by atoms with Crippen LogP contribution in [0.3, 0.4) is 0 Å². The predicted octanol–water partition coefficient (Wildman–Crippen LogP) is 2.88. The number of rotatable bonds is 10. The summed E-state index contributed by atoms with van der Waals surface area (Å²) >= 11 is 0. The summed E-state index contributed by atoms with van der Waals surface area (Å²) in [4.78, 5) is 0. The monoisotopic (exact) mass is 257 g/mol. The molecule has 1 aromatic carbocycles. The second kappa shape index (κ2) is 9.97. The van der Waals surface area contributed by atoms with Crippen molar-refractivity contribution in [1.29, 1.82) is 0 Å². The molecule has 1 rings (SSSR count). The molecule has 0 aliphatic carbocycles. The summed E-state index contributed by atoms with van der Waals surface area (Å²) in [6, 6.07) is 10.4. The molecule has 0 aliphatic heterocycles. The Kier molecular flexibility index (Phi) is 8.34. The molecular formula is C14H21F2NO. The van der Waals surface area contributed by atoms with Crippen LogP contribution >= 0.6 is 0 Å². The van der Waals surface area contributed by atoms with E-state index in [-0.39, 0.29) is 0 Å². The van der Waals surface area contributed by atoms with Gasteiger partial charge in [0.05, 0.1) is 6.61 Å². The number of halogens is 2. The second-order valence-electron chi connectivity index (χ2n) is 4.16. The van der Waals surface area contributed by atoms with E-state index in [1.165, 1.54) is 5.56 Å². The van der Waals surface area contributed by atoms with Gasteiger partial charge in [0.15, 0.2) is 0 Å². The minimum Gasteiger partial charge on any atom is -0.374 e. The fourth-order valence-electron chi connectivity index (χ4n) is 1.67. The van der Waals surface area contributed by atoms with E-state index >= 15 is 0 Å². The minimum absolute atomic E-state index is 0.350. The first-order valence-corrected chi connectivity index (χ1v) is 6.39. The molecule has 1 N–H and O–H groups in total. The predicted molar refractivity (Wildman–Crippen MR) is 69.1 cm³/mol. The molecule has 0 heterocycles. The summed E-state index contributed by atoms with van der Waals surface area (Å²) in [6.45, 7) is 1.43. The van der Waals surface area contributed by atoms with Crippen LogP contribution in [-0.2, 0) is 11.2 Å². The Labute approximate surface area is 107 Å². The zero-order chi connectivity index (χ0) is 13.1. The van der Waals surface area contributed by atoms with Gasteiger partial charge in [-0.2, -0.15) is 0 Å². The maximum absolute atomic E-state index is 11.7. The Bertz CT molecular complexity index is 293. The number of aryl methyl sites for hydroxylation is 1. The Morgan fingerprint density at radius 3 is 2.56 bits per heavy atom. The van der Waals surface area contributed by atoms with Gasteiger partial charge in [0.25, 0.3) is 6.43 Å². The number of unbranched alkanes of at least 4 members (excludes halogenated alkanes) is 1. The topological polar surface area (TPSA) is 21.3 Å². The molecule has 0 amide bonds. The molecular weight excluding hydrogens is 236 g/mol. The molecule has 1 aromatic rings. The third kappa shape index (κ3) is 8.14. The van der Waals surface area contributed by atoms with Crippen LogP contribution in [0.25, 0.3) is 0 Å². The van der Waals surface area contributed by atoms with E-state index in [2.05, 4.69) is 17.4 Å². The summed E-state index contributed by atoms with van der Waals surface area (Å²) < 4.78 is 28.2. The first-order valence-electron chi connectivity index (χ1n) is 6.39. The van der Waals surface area contributed by atoms with E-state index in [9.17, 15) is 8.78 Å². The molecule has 0 aromatic heterocycles. The van der Waals surface area contributed by atoms with Crippen LogP contribution in [0.2, 0.25) is 0 Å². The van der Waals surface area contributed by atoms with E-state index in [4.69, 9.17) is 4.74 Å². The number of hydrogen-bond donors (Lipinski definition) is 1. The Morgan fingerprint density at radius 2 is 1.83 bits per heavy atom. The van der Waals surface area contributed by atoms with Crippen molar-refractivity contribution in [2.45, 2.75) is 25.7 Å². The number of nitrogens with one attached hydrogen (secondary N) is 1. The van der Waals surface area contributed by atoms with Gasteiger partial charge in [0.1, 0.15) is 6.61 Å². The second-order valence-corrected chi connectivity index (χ2v) is 4.16. The molecule has 0 bridgehead atoms. The van der Waals surface area contributed by atoms with Crippen LogP contribution in [0, 0.1) is 0 Å². The van der Waals surface area contributed by atoms with E-state index < -0.39 is 13.0 Å². The summed E-state index contributed by atoms with van der Waals surface area (Å²) in [5, 5.41) is 3.18. The van der Waals surface area contributed by atoms with Gasteiger partial charge in [-0.1, -0.05) is 30.3 Å². The zero-order valence-corrected chi connectivity index (χ0v) is 10.6. The lowest BCUT2D eigenvalue weighted by molar-refractivity contribution is 0.0188. The normalized spacial score (nSPS) is 11.1. The largest absolute Gasteiger partial charge is 0.374 e. The molecule has 0 radical (unpaired) electrons. The van der Waals surface area contributed by atoms with Crippen LogP contribution in [0.5, 0.6) is 0 Å². The number of benzene rings is 1. The Balaban J connectivity index is 1.84. The van der Waals surface area contributed by atoms with Gasteiger partial charge < -0.3 is 10.1 Å². The van der Waals surface area contributed by atoms with Gasteiger partial charge in [0.2, 0.25) is 0 Å². The highest BCUT2D eigenvalue weighted by molar-refractivity contribution is 5.14. The van der Waals surface area contributed by atoms with Crippen LogP contribution in [0.4, 0.5) is 8.78 Å². The van der Waals surface area contributed by atoms with Gasteiger partial charge in [-0.15, -0.1) is 0 Å². The van der Waals surface area contributed by atoms with Gasteiger partial charge in [-0.05, 0) is 31.4 Å². The van der Waals surface area contributed by atoms with Crippen LogP contribution in [-0.4, -0.2) is 32.7 Å². The maximum Gasteiger partial charge on any atom is 0.261 e. The van der Waals surface area contributed by atoms with Gasteiger partial charge in [-0.25, -0.2) is 8.78 Å². The summed E-state index contributed by atoms with van der Waals surface area (Å²) in [6.07, 6.45) is 0.944. The minimum atomic E-state index is -2.36. The van der Waals surface area contributed by atoms with Crippen molar-refractivity contribution in [1.82, 2.24) is 5.32 Å². The number of ether oxygens (including phenoxy) is 1. The SMILES string of the molecule is FC(F)COCCNCCCCc1ccccc1. The van der Waals surface area contributed by atoms with Crippen molar-refractivity contribution in [3.63, 3.8) is 0 Å². The van der Waals surface area contributed by atoms with E-state index in [1.807, 2.05) is 18.2 Å². The molecule has 102 valence electrons. The lowest BCUT2D eigenvalue weighted by Gasteiger charge is -2.06. The molecule has 2 nitrogen and oxygen atoms in total. The molecule has 0 saturated carbocycles. The highest BCUT2D eigenvalue weighted by atomic mass is 19.3. The van der Waals surface area contributed by atoms with Crippen molar-refractivity contribution in [2.24, 2.45) is 0 Å². The zero-order valence-electron chi connectivity index (χ0n) is 10.6. The molecule has 0 unspecified atom stereocenters. The molecule has 0 saturated heterocycles. The summed E-state index contributed by atoms with van der Waals surface area (Å²) in [7, 11) is 0. The third-order valence-electron chi connectivity index (χ3n) is 2.58. The molecule has 18 heavy (non-hydrogen) atoms. The Morgan fingerprint density at radius 1 is 1.06 bits per heavy atom. The number of alkyl halides is 2. The van der Waals surface area contributed by atoms with Gasteiger partial charge >= 0.3 is 0 Å². The maximum atomic E-state index is 11.7. The Hall–Kier alpha value is -1.00. The highest BCUT2D eigenvalue weighted by Gasteiger charge is 2.00. The highest BCUT2D eigenvalue weighted by Crippen LogP contribution is 2.03. The average Bonchev–Trinajstić information content (AvgIpc) is 2.37. The lowest BCUT2D eigenvalue weighted by Crippen LogP contribution is -2.22. The van der Waals surface area contributed by atoms with Gasteiger partial charge in [0, 0.05) is 6.54 Å². The van der Waals surface area contributed by atoms with Crippen molar-refractivity contribution < 1.29 is 13.5 Å². The smallest absolute Gasteiger partial charge is 0.261 e. The van der Waals surface area contributed by atoms with Crippen LogP contribution in [0.1, 0.15) is 18.4 Å². The van der Waals surface area contributed by atoms with Crippen molar-refractivity contribution in [3.05, 3.63) is 35.9 Å². The van der Waals surface area contributed by atoms with Crippen LogP contribution < -0.4 is 5.32 Å². The van der Waals surface area contributed by atoms with Crippen molar-refractivity contribution >= 4 is 0 Å². The standard InChI is InChI=1S/C14H21F2NO/c15-14(16)12-18-11-10-17-9-5-4-8-13-6-2-1-3-7-13/h1-3,6-7,14,17H,4-5,8-12H2. The van der Waals surface area contributed by atoms with Crippen molar-refractivity contribution in [2.75, 3.05) is 26.3 Å². The number of hydrogen-bond acceptors (Lipinski definition) is 2. The van der Waals surface area contributed by atoms with E-state index in [1.54, 1.807) is 0 Å². The average molecular weight is 257 g/mol. The van der Waals surface area contributed by atoms with Gasteiger partial charge in [-0.3, -0.25) is 0 Å². The molecule has 0 spiro atoms. The molecule has 0 fully saturated rings. The van der Waals surface area contributed by atoms with Crippen LogP contribution in [0.15, 0.2) is 30.3 Å². The third-order valence-corrected chi connectivity index (χ3v) is 2.58.